The number of anilines is 1. The van der Waals surface area contributed by atoms with E-state index in [0.717, 1.165) is 10.8 Å². The molecular weight excluding hydrogens is 384 g/mol. The lowest BCUT2D eigenvalue weighted by Gasteiger charge is -2.07. The maximum atomic E-state index is 12.5. The number of benzene rings is 1. The predicted molar refractivity (Wildman–Crippen MR) is 105 cm³/mol. The summed E-state index contributed by atoms with van der Waals surface area (Å²) < 4.78 is 30.3. The van der Waals surface area contributed by atoms with E-state index in [1.54, 1.807) is 42.2 Å². The van der Waals surface area contributed by atoms with E-state index in [4.69, 9.17) is 4.42 Å². The van der Waals surface area contributed by atoms with E-state index in [-0.39, 0.29) is 16.4 Å². The Hall–Kier alpha value is -2.58. The van der Waals surface area contributed by atoms with Crippen molar-refractivity contribution in [1.29, 1.82) is 0 Å². The lowest BCUT2D eigenvalue weighted by Crippen LogP contribution is -2.15. The molecule has 0 saturated carbocycles. The first-order valence-corrected chi connectivity index (χ1v) is 10.9. The van der Waals surface area contributed by atoms with Gasteiger partial charge in [-0.2, -0.15) is 0 Å². The highest BCUT2D eigenvalue weighted by Crippen LogP contribution is 2.21. The molecule has 3 rings (SSSR count). The van der Waals surface area contributed by atoms with Gasteiger partial charge in [-0.3, -0.25) is 4.79 Å². The van der Waals surface area contributed by atoms with Gasteiger partial charge in [-0.25, -0.2) is 13.4 Å². The first-order valence-electron chi connectivity index (χ1n) is 8.24. The minimum atomic E-state index is -3.58. The Balaban J connectivity index is 1.75. The molecule has 27 heavy (non-hydrogen) atoms. The van der Waals surface area contributed by atoms with E-state index in [1.807, 2.05) is 13.0 Å². The second-order valence-electron chi connectivity index (χ2n) is 5.62. The minimum Gasteiger partial charge on any atom is -0.459 e. The van der Waals surface area contributed by atoms with Crippen molar-refractivity contribution in [3.63, 3.8) is 0 Å². The lowest BCUT2D eigenvalue weighted by molar-refractivity contribution is 0.0995. The van der Waals surface area contributed by atoms with Crippen LogP contribution < -0.4 is 5.32 Å². The fraction of sp³-hybridized carbons (Fsp3) is 0.158. The zero-order chi connectivity index (χ0) is 19.3. The number of pyridine rings is 1. The molecule has 3 aromatic rings. The number of carbonyl (C=O) groups excluding carboxylic acids is 1. The Morgan fingerprint density at radius 1 is 1.15 bits per heavy atom. The number of nitrogens with zero attached hydrogens (tertiary/aromatic N) is 1. The highest BCUT2D eigenvalue weighted by molar-refractivity contribution is 7.99. The second kappa shape index (κ2) is 8.41. The number of hydrogen-bond donors (Lipinski definition) is 1. The maximum Gasteiger partial charge on any atom is 0.291 e. The van der Waals surface area contributed by atoms with Crippen LogP contribution in [-0.2, 0) is 15.6 Å². The summed E-state index contributed by atoms with van der Waals surface area (Å²) in [6, 6.07) is 13.2. The molecule has 2 heterocycles. The Morgan fingerprint density at radius 3 is 2.59 bits per heavy atom. The molecule has 0 aliphatic rings. The van der Waals surface area contributed by atoms with E-state index < -0.39 is 15.7 Å². The van der Waals surface area contributed by atoms with Crippen molar-refractivity contribution in [3.8, 4) is 0 Å². The average Bonchev–Trinajstić information content (AvgIpc) is 3.12. The SMILES string of the molecule is CCSc1ccc(NC(=O)c2occc2CS(=O)(=O)c2ccccc2)cn1. The first-order chi connectivity index (χ1) is 13.0. The van der Waals surface area contributed by atoms with Gasteiger partial charge in [0.15, 0.2) is 15.6 Å². The molecule has 0 aliphatic heterocycles. The largest absolute Gasteiger partial charge is 0.459 e. The molecular formula is C19H18N2O4S2. The Kier molecular flexibility index (Phi) is 5.98. The van der Waals surface area contributed by atoms with Crippen LogP contribution in [0.15, 0.2) is 75.3 Å². The van der Waals surface area contributed by atoms with Gasteiger partial charge in [0, 0.05) is 5.56 Å². The topological polar surface area (TPSA) is 89.3 Å². The summed E-state index contributed by atoms with van der Waals surface area (Å²) in [5.74, 6) is 0.0442. The van der Waals surface area contributed by atoms with Crippen molar-refractivity contribution in [2.45, 2.75) is 22.6 Å². The van der Waals surface area contributed by atoms with Crippen molar-refractivity contribution in [3.05, 3.63) is 72.3 Å². The standard InChI is InChI=1S/C19H18N2O4S2/c1-2-26-17-9-8-15(12-20-17)21-19(22)18-14(10-11-25-18)13-27(23,24)16-6-4-3-5-7-16/h3-12H,2,13H2,1H3,(H,21,22). The van der Waals surface area contributed by atoms with Gasteiger partial charge < -0.3 is 9.73 Å². The molecule has 0 spiro atoms. The van der Waals surface area contributed by atoms with Crippen molar-refractivity contribution in [2.24, 2.45) is 0 Å². The molecule has 1 amide bonds. The molecule has 0 bridgehead atoms. The summed E-state index contributed by atoms with van der Waals surface area (Å²) in [6.45, 7) is 2.03. The molecule has 6 nitrogen and oxygen atoms in total. The van der Waals surface area contributed by atoms with Gasteiger partial charge >= 0.3 is 0 Å². The van der Waals surface area contributed by atoms with Gasteiger partial charge in [-0.1, -0.05) is 25.1 Å². The average molecular weight is 402 g/mol. The van der Waals surface area contributed by atoms with Crippen LogP contribution in [0, 0.1) is 0 Å². The normalized spacial score (nSPS) is 11.3. The summed E-state index contributed by atoms with van der Waals surface area (Å²) in [7, 11) is -3.58. The minimum absolute atomic E-state index is 0.0264. The van der Waals surface area contributed by atoms with Gasteiger partial charge in [0.2, 0.25) is 0 Å². The molecule has 140 valence electrons. The maximum absolute atomic E-state index is 12.5. The number of thioether (sulfide) groups is 1. The van der Waals surface area contributed by atoms with E-state index in [1.165, 1.54) is 24.5 Å². The van der Waals surface area contributed by atoms with E-state index >= 15 is 0 Å². The van der Waals surface area contributed by atoms with Crippen molar-refractivity contribution in [2.75, 3.05) is 11.1 Å². The number of nitrogens with one attached hydrogen (secondary N) is 1. The van der Waals surface area contributed by atoms with Crippen LogP contribution in [0.25, 0.3) is 0 Å². The smallest absolute Gasteiger partial charge is 0.291 e. The zero-order valence-electron chi connectivity index (χ0n) is 14.6. The number of carbonyl (C=O) groups is 1. The monoisotopic (exact) mass is 402 g/mol. The fourth-order valence-corrected chi connectivity index (χ4v) is 4.40. The highest BCUT2D eigenvalue weighted by Gasteiger charge is 2.22. The number of rotatable bonds is 7. The van der Waals surface area contributed by atoms with Crippen LogP contribution in [0.1, 0.15) is 23.0 Å². The van der Waals surface area contributed by atoms with Gasteiger partial charge in [0.1, 0.15) is 0 Å². The van der Waals surface area contributed by atoms with Crippen LogP contribution in [0.2, 0.25) is 0 Å². The lowest BCUT2D eigenvalue weighted by atomic mass is 10.2. The molecule has 0 aliphatic carbocycles. The third-order valence-corrected chi connectivity index (χ3v) is 6.19. The van der Waals surface area contributed by atoms with Crippen LogP contribution in [0.4, 0.5) is 5.69 Å². The molecule has 0 unspecified atom stereocenters. The number of furan rings is 1. The van der Waals surface area contributed by atoms with Crippen LogP contribution in [0.3, 0.4) is 0 Å². The Bertz CT molecular complexity index is 1010. The number of aromatic nitrogens is 1. The predicted octanol–water partition coefficient (Wildman–Crippen LogP) is 4.01. The molecule has 0 radical (unpaired) electrons. The quantitative estimate of drug-likeness (QED) is 0.601. The molecule has 8 heteroatoms. The highest BCUT2D eigenvalue weighted by atomic mass is 32.2. The summed E-state index contributed by atoms with van der Waals surface area (Å²) in [5.41, 5.74) is 0.816. The third-order valence-electron chi connectivity index (χ3n) is 3.69. The molecule has 2 aromatic heterocycles. The van der Waals surface area contributed by atoms with Crippen LogP contribution in [0.5, 0.6) is 0 Å². The molecule has 1 aromatic carbocycles. The number of hydrogen-bond acceptors (Lipinski definition) is 6. The fourth-order valence-electron chi connectivity index (χ4n) is 2.44. The van der Waals surface area contributed by atoms with Crippen LogP contribution in [-0.4, -0.2) is 25.1 Å². The van der Waals surface area contributed by atoms with Gasteiger partial charge in [0.25, 0.3) is 5.91 Å². The van der Waals surface area contributed by atoms with E-state index in [0.29, 0.717) is 11.3 Å². The Labute approximate surface area is 161 Å². The molecule has 0 saturated heterocycles. The van der Waals surface area contributed by atoms with Crippen molar-refractivity contribution in [1.82, 2.24) is 4.98 Å². The second-order valence-corrected chi connectivity index (χ2v) is 8.89. The zero-order valence-corrected chi connectivity index (χ0v) is 16.2. The van der Waals surface area contributed by atoms with E-state index in [2.05, 4.69) is 10.3 Å². The van der Waals surface area contributed by atoms with Crippen molar-refractivity contribution >= 4 is 33.2 Å². The molecule has 0 fully saturated rings. The molecule has 1 N–H and O–H groups in total. The van der Waals surface area contributed by atoms with Gasteiger partial charge in [-0.05, 0) is 36.1 Å². The van der Waals surface area contributed by atoms with Gasteiger partial charge in [-0.15, -0.1) is 11.8 Å². The van der Waals surface area contributed by atoms with Gasteiger partial charge in [0.05, 0.1) is 33.8 Å². The Morgan fingerprint density at radius 2 is 1.93 bits per heavy atom. The molecule has 0 atom stereocenters. The summed E-state index contributed by atoms with van der Waals surface area (Å²) >= 11 is 1.60. The summed E-state index contributed by atoms with van der Waals surface area (Å²) in [5, 5.41) is 3.54. The van der Waals surface area contributed by atoms with Crippen molar-refractivity contribution < 1.29 is 17.6 Å². The number of sulfone groups is 1. The third kappa shape index (κ3) is 4.78. The van der Waals surface area contributed by atoms with E-state index in [9.17, 15) is 13.2 Å². The summed E-state index contributed by atoms with van der Waals surface area (Å²) in [4.78, 5) is 16.9. The number of amides is 1. The first kappa shape index (κ1) is 19.2. The summed E-state index contributed by atoms with van der Waals surface area (Å²) in [6.07, 6.45) is 2.86. The van der Waals surface area contributed by atoms with Crippen LogP contribution >= 0.6 is 11.8 Å².